The van der Waals surface area contributed by atoms with Crippen molar-refractivity contribution in [1.82, 2.24) is 15.0 Å². The molecular formula is C15H11F4N5O2. The summed E-state index contributed by atoms with van der Waals surface area (Å²) < 4.78 is 51.9. The third kappa shape index (κ3) is 3.28. The highest BCUT2D eigenvalue weighted by Crippen LogP contribution is 2.33. The van der Waals surface area contributed by atoms with Gasteiger partial charge in [-0.3, -0.25) is 0 Å². The Morgan fingerprint density at radius 2 is 2.04 bits per heavy atom. The Bertz CT molecular complexity index is 984. The highest BCUT2D eigenvalue weighted by atomic mass is 19.4. The molecule has 3 rings (SSSR count). The van der Waals surface area contributed by atoms with E-state index in [0.717, 1.165) is 6.07 Å². The van der Waals surface area contributed by atoms with Crippen LogP contribution in [0.25, 0.3) is 11.2 Å². The fourth-order valence-corrected chi connectivity index (χ4v) is 2.33. The number of rotatable bonds is 3. The number of aromatic amines is 1. The van der Waals surface area contributed by atoms with E-state index in [-0.39, 0.29) is 40.7 Å². The lowest BCUT2D eigenvalue weighted by atomic mass is 10.1. The van der Waals surface area contributed by atoms with Crippen molar-refractivity contribution in [2.24, 2.45) is 5.16 Å². The lowest BCUT2D eigenvalue weighted by Crippen LogP contribution is -2.16. The van der Waals surface area contributed by atoms with E-state index >= 15 is 0 Å². The number of nitrogens with one attached hydrogen (secondary N) is 2. The molecule has 0 spiro atoms. The van der Waals surface area contributed by atoms with Crippen molar-refractivity contribution in [3.05, 3.63) is 53.2 Å². The molecule has 0 fully saturated rings. The zero-order valence-electron chi connectivity index (χ0n) is 12.8. The molecule has 26 heavy (non-hydrogen) atoms. The molecule has 4 N–H and O–H groups in total. The Morgan fingerprint density at radius 1 is 1.27 bits per heavy atom. The number of benzene rings is 1. The number of hydrogen-bond acceptors (Lipinski definition) is 5. The van der Waals surface area contributed by atoms with Gasteiger partial charge in [-0.2, -0.15) is 13.2 Å². The third-order valence-corrected chi connectivity index (χ3v) is 3.47. The van der Waals surface area contributed by atoms with Crippen molar-refractivity contribution in [2.45, 2.75) is 12.8 Å². The van der Waals surface area contributed by atoms with E-state index in [4.69, 9.17) is 5.11 Å². The first-order valence-corrected chi connectivity index (χ1v) is 7.14. The molecule has 0 amide bonds. The van der Waals surface area contributed by atoms with E-state index in [1.54, 1.807) is 0 Å². The minimum atomic E-state index is -4.87. The second-order valence-electron chi connectivity index (χ2n) is 5.16. The van der Waals surface area contributed by atoms with Crippen molar-refractivity contribution in [3.8, 4) is 0 Å². The molecule has 11 heteroatoms. The average Bonchev–Trinajstić information content (AvgIpc) is 3.03. The normalized spacial score (nSPS) is 12.6. The third-order valence-electron chi connectivity index (χ3n) is 3.47. The predicted molar refractivity (Wildman–Crippen MR) is 83.2 cm³/mol. The van der Waals surface area contributed by atoms with Crippen molar-refractivity contribution < 1.29 is 27.9 Å². The van der Waals surface area contributed by atoms with Crippen molar-refractivity contribution in [1.29, 1.82) is 0 Å². The predicted octanol–water partition coefficient (Wildman–Crippen LogP) is 2.86. The van der Waals surface area contributed by atoms with Gasteiger partial charge in [-0.05, 0) is 24.3 Å². The molecule has 0 saturated heterocycles. The summed E-state index contributed by atoms with van der Waals surface area (Å²) in [5, 5.41) is 23.9. The number of alkyl halides is 3. The molecule has 0 aliphatic carbocycles. The minimum absolute atomic E-state index is 0.144. The Hall–Kier alpha value is -3.21. The van der Waals surface area contributed by atoms with Crippen LogP contribution in [0.3, 0.4) is 0 Å². The van der Waals surface area contributed by atoms with Crippen molar-refractivity contribution in [2.75, 3.05) is 5.32 Å². The van der Waals surface area contributed by atoms with Gasteiger partial charge in [0.25, 0.3) is 0 Å². The van der Waals surface area contributed by atoms with Gasteiger partial charge in [0.1, 0.15) is 23.8 Å². The summed E-state index contributed by atoms with van der Waals surface area (Å²) in [7, 11) is 0. The molecule has 0 bridgehead atoms. The molecule has 0 radical (unpaired) electrons. The fraction of sp³-hybridized carbons (Fsp3) is 0.133. The quantitative estimate of drug-likeness (QED) is 0.187. The molecule has 1 aromatic carbocycles. The summed E-state index contributed by atoms with van der Waals surface area (Å²) >= 11 is 0. The first kappa shape index (κ1) is 17.6. The van der Waals surface area contributed by atoms with Crippen LogP contribution in [-0.2, 0) is 12.8 Å². The number of aromatic nitrogens is 3. The summed E-state index contributed by atoms with van der Waals surface area (Å²) in [6.45, 7) is -0.387. The van der Waals surface area contributed by atoms with Gasteiger partial charge < -0.3 is 20.6 Å². The van der Waals surface area contributed by atoms with Gasteiger partial charge in [-0.25, -0.2) is 14.4 Å². The van der Waals surface area contributed by atoms with E-state index in [2.05, 4.69) is 25.4 Å². The maximum Gasteiger partial charge on any atom is 0.419 e. The number of aliphatic hydroxyl groups excluding tert-OH is 1. The van der Waals surface area contributed by atoms with Crippen LogP contribution < -0.4 is 5.32 Å². The number of amidine groups is 1. The lowest BCUT2D eigenvalue weighted by molar-refractivity contribution is -0.139. The van der Waals surface area contributed by atoms with Crippen LogP contribution in [0.4, 0.5) is 23.2 Å². The molecule has 2 heterocycles. The van der Waals surface area contributed by atoms with Crippen LogP contribution in [-0.4, -0.2) is 31.1 Å². The van der Waals surface area contributed by atoms with E-state index in [9.17, 15) is 22.8 Å². The molecular weight excluding hydrogens is 358 g/mol. The summed E-state index contributed by atoms with van der Waals surface area (Å²) in [5.74, 6) is -1.44. The smallest absolute Gasteiger partial charge is 0.409 e. The zero-order chi connectivity index (χ0) is 18.9. The molecule has 3 aromatic rings. The van der Waals surface area contributed by atoms with Crippen LogP contribution in [0.15, 0.2) is 35.6 Å². The molecule has 0 aliphatic heterocycles. The molecule has 2 aromatic heterocycles. The monoisotopic (exact) mass is 369 g/mol. The Balaban J connectivity index is 2.01. The average molecular weight is 369 g/mol. The van der Waals surface area contributed by atoms with E-state index in [0.29, 0.717) is 12.1 Å². The Kier molecular flexibility index (Phi) is 4.47. The van der Waals surface area contributed by atoms with Gasteiger partial charge >= 0.3 is 6.18 Å². The number of pyridine rings is 1. The number of fused-ring (bicyclic) bond motifs is 1. The summed E-state index contributed by atoms with van der Waals surface area (Å²) in [5.41, 5.74) is -0.873. The summed E-state index contributed by atoms with van der Waals surface area (Å²) in [6, 6.07) is 3.70. The molecule has 136 valence electrons. The molecule has 7 nitrogen and oxygen atoms in total. The number of anilines is 1. The maximum atomic E-state index is 13.4. The van der Waals surface area contributed by atoms with Crippen LogP contribution in [0.2, 0.25) is 0 Å². The summed E-state index contributed by atoms with van der Waals surface area (Å²) in [4.78, 5) is 10.8. The number of H-pyrrole nitrogens is 1. The van der Waals surface area contributed by atoms with Crippen molar-refractivity contribution in [3.63, 3.8) is 0 Å². The fourth-order valence-electron chi connectivity index (χ4n) is 2.33. The van der Waals surface area contributed by atoms with Crippen molar-refractivity contribution >= 4 is 22.7 Å². The summed E-state index contributed by atoms with van der Waals surface area (Å²) in [6.07, 6.45) is -3.52. The maximum absolute atomic E-state index is 13.4. The number of hydrogen-bond donors (Lipinski definition) is 4. The Labute approximate surface area is 143 Å². The molecule has 0 aliphatic rings. The Morgan fingerprint density at radius 3 is 2.69 bits per heavy atom. The minimum Gasteiger partial charge on any atom is -0.409 e. The van der Waals surface area contributed by atoms with Gasteiger partial charge in [0, 0.05) is 11.9 Å². The standard InChI is InChI=1S/C15H11F4N5O2/c16-10-2-1-7(5-9(10)15(17,18)19)21-13(24-26)8-3-4-20-14-12(8)22-11(6-25)23-14/h1-5,25-26H,6H2,(H,21,24)(H,20,22,23). The molecule has 0 unspecified atom stereocenters. The first-order chi connectivity index (χ1) is 12.3. The van der Waals surface area contributed by atoms with Gasteiger partial charge in [0.15, 0.2) is 11.5 Å². The topological polar surface area (TPSA) is 106 Å². The lowest BCUT2D eigenvalue weighted by Gasteiger charge is -2.12. The van der Waals surface area contributed by atoms with E-state index in [1.807, 2.05) is 0 Å². The zero-order valence-corrected chi connectivity index (χ0v) is 12.8. The van der Waals surface area contributed by atoms with E-state index in [1.165, 1.54) is 12.3 Å². The number of oxime groups is 1. The SMILES string of the molecule is OCc1nc2c(/C(=N\O)Nc3ccc(F)c(C(F)(F)F)c3)ccnc2[nH]1. The second-order valence-corrected chi connectivity index (χ2v) is 5.16. The van der Waals surface area contributed by atoms with Crippen LogP contribution in [0, 0.1) is 5.82 Å². The number of nitrogens with zero attached hydrogens (tertiary/aromatic N) is 3. The van der Waals surface area contributed by atoms with Gasteiger partial charge in [0.2, 0.25) is 0 Å². The highest BCUT2D eigenvalue weighted by Gasteiger charge is 2.34. The van der Waals surface area contributed by atoms with Crippen LogP contribution in [0.5, 0.6) is 0 Å². The second kappa shape index (κ2) is 6.59. The van der Waals surface area contributed by atoms with Crippen LogP contribution in [0.1, 0.15) is 17.0 Å². The van der Waals surface area contributed by atoms with Gasteiger partial charge in [-0.1, -0.05) is 5.16 Å². The first-order valence-electron chi connectivity index (χ1n) is 7.14. The highest BCUT2D eigenvalue weighted by molar-refractivity contribution is 6.13. The van der Waals surface area contributed by atoms with Gasteiger partial charge in [-0.15, -0.1) is 0 Å². The largest absolute Gasteiger partial charge is 0.419 e. The van der Waals surface area contributed by atoms with Gasteiger partial charge in [0.05, 0.1) is 11.1 Å². The van der Waals surface area contributed by atoms with E-state index < -0.39 is 17.6 Å². The number of imidazole rings is 1. The molecule has 0 saturated carbocycles. The molecule has 0 atom stereocenters. The number of aliphatic hydroxyl groups is 1. The van der Waals surface area contributed by atoms with Crippen LogP contribution >= 0.6 is 0 Å². The number of halogens is 4.